The van der Waals surface area contributed by atoms with Crippen LogP contribution in [0, 0.1) is 5.92 Å². The molecule has 90 valence electrons. The van der Waals surface area contributed by atoms with E-state index in [4.69, 9.17) is 0 Å². The van der Waals surface area contributed by atoms with Gasteiger partial charge in [0.05, 0.1) is 0 Å². The summed E-state index contributed by atoms with van der Waals surface area (Å²) in [5.74, 6) is 0.504. The van der Waals surface area contributed by atoms with E-state index in [0.29, 0.717) is 0 Å². The van der Waals surface area contributed by atoms with Crippen molar-refractivity contribution in [3.8, 4) is 0 Å². The van der Waals surface area contributed by atoms with E-state index >= 15 is 0 Å². The minimum atomic E-state index is 0.240. The molecule has 2 nitrogen and oxygen atoms in total. The Morgan fingerprint density at radius 3 is 2.53 bits per heavy atom. The van der Waals surface area contributed by atoms with Gasteiger partial charge in [-0.1, -0.05) is 49.3 Å². The van der Waals surface area contributed by atoms with Gasteiger partial charge in [0.2, 0.25) is 5.91 Å². The summed E-state index contributed by atoms with van der Waals surface area (Å²) in [6.45, 7) is 5.13. The summed E-state index contributed by atoms with van der Waals surface area (Å²) in [5, 5.41) is 3.04. The second-order valence-corrected chi connectivity index (χ2v) is 5.01. The van der Waals surface area contributed by atoms with Gasteiger partial charge in [0, 0.05) is 12.5 Å². The number of amides is 1. The first kappa shape index (κ1) is 15.2. The summed E-state index contributed by atoms with van der Waals surface area (Å²) < 4.78 is 1.18. The molecule has 1 amide bonds. The number of carbonyl (C=O) groups excluding carboxylic acids is 1. The van der Waals surface area contributed by atoms with Crippen molar-refractivity contribution < 1.29 is 4.79 Å². The van der Waals surface area contributed by atoms with Crippen molar-refractivity contribution in [2.75, 3.05) is 11.0 Å². The molecule has 0 rings (SSSR count). The van der Waals surface area contributed by atoms with Crippen LogP contribution in [0.1, 0.15) is 52.4 Å². The van der Waals surface area contributed by atoms with E-state index in [1.54, 1.807) is 0 Å². The Balaban J connectivity index is 3.63. The normalized spacial score (nSPS) is 12.5. The van der Waals surface area contributed by atoms with Crippen molar-refractivity contribution in [2.24, 2.45) is 5.92 Å². The van der Waals surface area contributed by atoms with Crippen LogP contribution in [0.2, 0.25) is 0 Å². The van der Waals surface area contributed by atoms with Crippen molar-refractivity contribution in [1.82, 2.24) is 5.32 Å². The summed E-state index contributed by atoms with van der Waals surface area (Å²) in [7, 11) is 0. The second kappa shape index (κ2) is 10.7. The summed E-state index contributed by atoms with van der Waals surface area (Å²) in [6.07, 6.45) is 6.67. The van der Waals surface area contributed by atoms with Gasteiger partial charge in [-0.2, -0.15) is 0 Å². The second-order valence-electron chi connectivity index (χ2n) is 3.93. The third kappa shape index (κ3) is 8.05. The fourth-order valence-corrected chi connectivity index (χ4v) is 2.09. The highest BCUT2D eigenvalue weighted by atomic mass is 127. The number of hydrogen-bond acceptors (Lipinski definition) is 1. The first-order valence-corrected chi connectivity index (χ1v) is 7.62. The lowest BCUT2D eigenvalue weighted by atomic mass is 9.98. The predicted molar refractivity (Wildman–Crippen MR) is 74.4 cm³/mol. The van der Waals surface area contributed by atoms with Crippen LogP contribution < -0.4 is 5.32 Å². The molecule has 0 bridgehead atoms. The molecule has 1 atom stereocenters. The van der Waals surface area contributed by atoms with Crippen LogP contribution in [0.15, 0.2) is 0 Å². The summed E-state index contributed by atoms with van der Waals surface area (Å²) in [4.78, 5) is 11.7. The van der Waals surface area contributed by atoms with E-state index in [1.807, 2.05) is 0 Å². The number of nitrogens with one attached hydrogen (secondary N) is 1. The van der Waals surface area contributed by atoms with E-state index in [2.05, 4.69) is 41.8 Å². The van der Waals surface area contributed by atoms with Gasteiger partial charge < -0.3 is 5.32 Å². The average Bonchev–Trinajstić information content (AvgIpc) is 2.25. The van der Waals surface area contributed by atoms with Crippen molar-refractivity contribution in [2.45, 2.75) is 52.4 Å². The smallest absolute Gasteiger partial charge is 0.223 e. The third-order valence-corrected chi connectivity index (χ3v) is 3.39. The van der Waals surface area contributed by atoms with Crippen molar-refractivity contribution in [3.05, 3.63) is 0 Å². The maximum absolute atomic E-state index is 11.7. The Morgan fingerprint density at radius 1 is 1.27 bits per heavy atom. The topological polar surface area (TPSA) is 29.1 Å². The molecule has 0 heterocycles. The third-order valence-electron chi connectivity index (χ3n) is 2.63. The standard InChI is InChI=1S/C12H24INO/c1-3-5-8-11(4-2)12(15)14-10-7-6-9-13/h11H,3-10H2,1-2H3,(H,14,15). The van der Waals surface area contributed by atoms with E-state index < -0.39 is 0 Å². The zero-order chi connectivity index (χ0) is 11.5. The quantitative estimate of drug-likeness (QED) is 0.392. The highest BCUT2D eigenvalue weighted by Crippen LogP contribution is 2.12. The molecule has 0 aromatic rings. The van der Waals surface area contributed by atoms with Crippen LogP contribution in [0.25, 0.3) is 0 Å². The molecule has 0 aliphatic rings. The fraction of sp³-hybridized carbons (Fsp3) is 0.917. The molecule has 0 aliphatic heterocycles. The first-order valence-electron chi connectivity index (χ1n) is 6.09. The number of unbranched alkanes of at least 4 members (excludes halogenated alkanes) is 2. The Bertz CT molecular complexity index is 162. The summed E-state index contributed by atoms with van der Waals surface area (Å²) >= 11 is 2.37. The van der Waals surface area contributed by atoms with Crippen molar-refractivity contribution in [3.63, 3.8) is 0 Å². The van der Waals surface area contributed by atoms with Crippen LogP contribution in [0.4, 0.5) is 0 Å². The van der Waals surface area contributed by atoms with Gasteiger partial charge in [0.15, 0.2) is 0 Å². The maximum atomic E-state index is 11.7. The van der Waals surface area contributed by atoms with E-state index in [-0.39, 0.29) is 11.8 Å². The molecule has 0 saturated carbocycles. The molecule has 0 fully saturated rings. The lowest BCUT2D eigenvalue weighted by molar-refractivity contribution is -0.125. The van der Waals surface area contributed by atoms with E-state index in [1.165, 1.54) is 23.7 Å². The number of rotatable bonds is 9. The molecule has 3 heteroatoms. The lowest BCUT2D eigenvalue weighted by Gasteiger charge is -2.14. The predicted octanol–water partition coefficient (Wildman–Crippen LogP) is 3.53. The highest BCUT2D eigenvalue weighted by molar-refractivity contribution is 14.1. The minimum Gasteiger partial charge on any atom is -0.356 e. The SMILES string of the molecule is CCCCC(CC)C(=O)NCCCCI. The van der Waals surface area contributed by atoms with Gasteiger partial charge in [0.25, 0.3) is 0 Å². The van der Waals surface area contributed by atoms with Crippen LogP contribution in [0.3, 0.4) is 0 Å². The molecular weight excluding hydrogens is 301 g/mol. The van der Waals surface area contributed by atoms with Gasteiger partial charge in [-0.15, -0.1) is 0 Å². The van der Waals surface area contributed by atoms with Crippen LogP contribution >= 0.6 is 22.6 Å². The number of halogens is 1. The van der Waals surface area contributed by atoms with Gasteiger partial charge >= 0.3 is 0 Å². The van der Waals surface area contributed by atoms with Gasteiger partial charge in [0.1, 0.15) is 0 Å². The first-order chi connectivity index (χ1) is 7.26. The van der Waals surface area contributed by atoms with Crippen LogP contribution in [-0.4, -0.2) is 16.9 Å². The molecule has 1 unspecified atom stereocenters. The van der Waals surface area contributed by atoms with Gasteiger partial charge in [-0.3, -0.25) is 4.79 Å². The molecule has 15 heavy (non-hydrogen) atoms. The monoisotopic (exact) mass is 325 g/mol. The number of carbonyl (C=O) groups is 1. The van der Waals surface area contributed by atoms with Crippen molar-refractivity contribution >= 4 is 28.5 Å². The van der Waals surface area contributed by atoms with E-state index in [9.17, 15) is 4.79 Å². The molecular formula is C12H24INO. The lowest BCUT2D eigenvalue weighted by Crippen LogP contribution is -2.31. The average molecular weight is 325 g/mol. The number of alkyl halides is 1. The minimum absolute atomic E-state index is 0.240. The molecule has 0 aliphatic carbocycles. The van der Waals surface area contributed by atoms with Gasteiger partial charge in [-0.25, -0.2) is 0 Å². The zero-order valence-corrected chi connectivity index (χ0v) is 12.2. The van der Waals surface area contributed by atoms with Gasteiger partial charge in [-0.05, 0) is 30.1 Å². The molecule has 0 radical (unpaired) electrons. The number of hydrogen-bond donors (Lipinski definition) is 1. The molecule has 0 spiro atoms. The Morgan fingerprint density at radius 2 is 2.00 bits per heavy atom. The van der Waals surface area contributed by atoms with Crippen molar-refractivity contribution in [1.29, 1.82) is 0 Å². The van der Waals surface area contributed by atoms with E-state index in [0.717, 1.165) is 25.8 Å². The zero-order valence-electron chi connectivity index (χ0n) is 10.0. The molecule has 0 aromatic heterocycles. The summed E-state index contributed by atoms with van der Waals surface area (Å²) in [6, 6.07) is 0. The Kier molecular flexibility index (Phi) is 10.9. The fourth-order valence-electron chi connectivity index (χ4n) is 1.55. The molecule has 0 aromatic carbocycles. The molecule has 0 saturated heterocycles. The highest BCUT2D eigenvalue weighted by Gasteiger charge is 2.14. The largest absolute Gasteiger partial charge is 0.356 e. The Labute approximate surface area is 108 Å². The van der Waals surface area contributed by atoms with Crippen LogP contribution in [-0.2, 0) is 4.79 Å². The summed E-state index contributed by atoms with van der Waals surface area (Å²) in [5.41, 5.74) is 0. The molecule has 1 N–H and O–H groups in total. The van der Waals surface area contributed by atoms with Crippen LogP contribution in [0.5, 0.6) is 0 Å². The Hall–Kier alpha value is 0.200. The maximum Gasteiger partial charge on any atom is 0.223 e.